The van der Waals surface area contributed by atoms with Gasteiger partial charge >= 0.3 is 0 Å². The molecule has 0 fully saturated rings. The third-order valence-electron chi connectivity index (χ3n) is 7.71. The fraction of sp³-hybridized carbons (Fsp3) is 0.152. The van der Waals surface area contributed by atoms with Crippen LogP contribution in [0.1, 0.15) is 27.8 Å². The Morgan fingerprint density at radius 1 is 0.472 bits per heavy atom. The van der Waals surface area contributed by atoms with Crippen LogP contribution in [0.5, 0.6) is 0 Å². The maximum absolute atomic E-state index is 4.24. The van der Waals surface area contributed by atoms with E-state index in [-0.39, 0.29) is 6.71 Å². The smallest absolute Gasteiger partial charge is 0.243 e. The molecule has 2 aromatic heterocycles. The topological polar surface area (TPSA) is 25.8 Å². The number of hydrogen-bond donors (Lipinski definition) is 0. The van der Waals surface area contributed by atoms with Gasteiger partial charge in [0.05, 0.1) is 0 Å². The highest BCUT2D eigenvalue weighted by molar-refractivity contribution is 6.99. The van der Waals surface area contributed by atoms with Gasteiger partial charge in [-0.15, -0.1) is 0 Å². The van der Waals surface area contributed by atoms with Gasteiger partial charge in [0.2, 0.25) is 6.71 Å². The zero-order valence-corrected chi connectivity index (χ0v) is 21.6. The van der Waals surface area contributed by atoms with E-state index in [4.69, 9.17) is 0 Å². The van der Waals surface area contributed by atoms with Gasteiger partial charge in [-0.1, -0.05) is 57.3 Å². The number of pyridine rings is 2. The first-order chi connectivity index (χ1) is 17.4. The van der Waals surface area contributed by atoms with E-state index >= 15 is 0 Å². The Morgan fingerprint density at radius 3 is 1.31 bits per heavy atom. The van der Waals surface area contributed by atoms with E-state index in [2.05, 4.69) is 105 Å². The average Bonchev–Trinajstić information content (AvgIpc) is 3.15. The van der Waals surface area contributed by atoms with Crippen molar-refractivity contribution in [1.29, 1.82) is 0 Å². The van der Waals surface area contributed by atoms with E-state index in [1.165, 1.54) is 77.6 Å². The summed E-state index contributed by atoms with van der Waals surface area (Å²) in [7, 11) is 0. The summed E-state index contributed by atoms with van der Waals surface area (Å²) in [5.74, 6) is 0. The molecule has 0 amide bonds. The molecule has 36 heavy (non-hydrogen) atoms. The fourth-order valence-electron chi connectivity index (χ4n) is 6.21. The van der Waals surface area contributed by atoms with Gasteiger partial charge in [0, 0.05) is 24.8 Å². The van der Waals surface area contributed by atoms with Crippen LogP contribution in [-0.2, 0) is 0 Å². The summed E-state index contributed by atoms with van der Waals surface area (Å²) in [5.41, 5.74) is 18.5. The summed E-state index contributed by atoms with van der Waals surface area (Å²) in [6, 6.07) is 22.7. The van der Waals surface area contributed by atoms with E-state index < -0.39 is 0 Å². The molecular weight excluding hydrogens is 435 g/mol. The highest BCUT2D eigenvalue weighted by Gasteiger charge is 2.36. The molecule has 5 aromatic rings. The molecule has 0 atom stereocenters. The molecule has 3 aromatic carbocycles. The first-order valence-corrected chi connectivity index (χ1v) is 12.6. The van der Waals surface area contributed by atoms with Crippen molar-refractivity contribution in [3.8, 4) is 33.4 Å². The van der Waals surface area contributed by atoms with Gasteiger partial charge in [0.15, 0.2) is 0 Å². The second-order valence-corrected chi connectivity index (χ2v) is 10.2. The third-order valence-corrected chi connectivity index (χ3v) is 7.71. The minimum absolute atomic E-state index is 0.228. The van der Waals surface area contributed by atoms with Crippen LogP contribution in [0.25, 0.3) is 33.4 Å². The van der Waals surface area contributed by atoms with Crippen molar-refractivity contribution >= 4 is 23.1 Å². The van der Waals surface area contributed by atoms with Crippen molar-refractivity contribution < 1.29 is 0 Å². The van der Waals surface area contributed by atoms with Gasteiger partial charge in [-0.3, -0.25) is 9.97 Å². The van der Waals surface area contributed by atoms with Crippen LogP contribution < -0.4 is 16.4 Å². The Bertz CT molecular complexity index is 1500. The molecule has 174 valence electrons. The third kappa shape index (κ3) is 3.58. The molecule has 6 rings (SSSR count). The lowest BCUT2D eigenvalue weighted by Crippen LogP contribution is -2.51. The largest absolute Gasteiger partial charge is 0.265 e. The SMILES string of the molecule is Cc1cc(C)c(B2c3cc(C)c(-c4ccncc4)cc3-c3cc(-c4ccncc4)c(C)cc32)c(C)c1. The van der Waals surface area contributed by atoms with E-state index in [0.717, 1.165) is 0 Å². The lowest BCUT2D eigenvalue weighted by molar-refractivity contribution is 1.32. The van der Waals surface area contributed by atoms with Crippen LogP contribution in [0.2, 0.25) is 0 Å². The van der Waals surface area contributed by atoms with Gasteiger partial charge in [0.25, 0.3) is 0 Å². The van der Waals surface area contributed by atoms with E-state index in [9.17, 15) is 0 Å². The summed E-state index contributed by atoms with van der Waals surface area (Å²) in [6.45, 7) is 11.4. The van der Waals surface area contributed by atoms with Crippen molar-refractivity contribution in [2.45, 2.75) is 34.6 Å². The lowest BCUT2D eigenvalue weighted by atomic mass is 9.37. The molecule has 3 heterocycles. The standard InChI is InChI=1S/C33H29BN2/c1-20-14-23(4)33(24(5)15-20)34-31-16-21(2)27(25-6-10-35-11-7-25)18-29(31)30-19-28(22(3)17-32(30)34)26-8-12-36-13-9-26/h6-19H,1-5H3. The molecule has 1 aliphatic heterocycles. The lowest BCUT2D eigenvalue weighted by Gasteiger charge is -2.19. The Balaban J connectivity index is 1.66. The number of fused-ring (bicyclic) bond motifs is 3. The maximum atomic E-state index is 4.24. The van der Waals surface area contributed by atoms with Crippen molar-refractivity contribution in [3.63, 3.8) is 0 Å². The minimum Gasteiger partial charge on any atom is -0.265 e. The minimum atomic E-state index is 0.228. The maximum Gasteiger partial charge on any atom is 0.243 e. The molecule has 0 spiro atoms. The Morgan fingerprint density at radius 2 is 0.889 bits per heavy atom. The highest BCUT2D eigenvalue weighted by Crippen LogP contribution is 2.35. The summed E-state index contributed by atoms with van der Waals surface area (Å²) in [5, 5.41) is 0. The zero-order chi connectivity index (χ0) is 25.0. The van der Waals surface area contributed by atoms with Crippen LogP contribution >= 0.6 is 0 Å². The molecular formula is C33H29BN2. The summed E-state index contributed by atoms with van der Waals surface area (Å²) >= 11 is 0. The second kappa shape index (κ2) is 8.60. The second-order valence-electron chi connectivity index (χ2n) is 10.2. The van der Waals surface area contributed by atoms with Crippen LogP contribution in [0, 0.1) is 34.6 Å². The molecule has 3 heteroatoms. The molecule has 1 aliphatic rings. The van der Waals surface area contributed by atoms with E-state index in [1.807, 2.05) is 24.8 Å². The molecule has 0 radical (unpaired) electrons. The molecule has 0 saturated heterocycles. The van der Waals surface area contributed by atoms with Gasteiger partial charge in [-0.2, -0.15) is 0 Å². The number of nitrogens with zero attached hydrogens (tertiary/aromatic N) is 2. The molecule has 2 nitrogen and oxygen atoms in total. The summed E-state index contributed by atoms with van der Waals surface area (Å²) < 4.78 is 0. The summed E-state index contributed by atoms with van der Waals surface area (Å²) in [6.07, 6.45) is 7.51. The molecule has 0 saturated carbocycles. The number of aryl methyl sites for hydroxylation is 5. The number of aromatic nitrogens is 2. The van der Waals surface area contributed by atoms with Crippen molar-refractivity contribution in [1.82, 2.24) is 9.97 Å². The van der Waals surface area contributed by atoms with Gasteiger partial charge in [-0.05, 0) is 116 Å². The Labute approximate surface area is 214 Å². The Hall–Kier alpha value is -3.98. The average molecular weight is 464 g/mol. The molecule has 0 aliphatic carbocycles. The van der Waals surface area contributed by atoms with E-state index in [1.54, 1.807) is 0 Å². The number of rotatable bonds is 3. The Kier molecular flexibility index (Phi) is 5.37. The highest BCUT2D eigenvalue weighted by atomic mass is 14.6. The summed E-state index contributed by atoms with van der Waals surface area (Å²) in [4.78, 5) is 8.47. The molecule has 0 bridgehead atoms. The van der Waals surface area contributed by atoms with Crippen LogP contribution in [-0.4, -0.2) is 16.7 Å². The van der Waals surface area contributed by atoms with Gasteiger partial charge in [-0.25, -0.2) is 0 Å². The quantitative estimate of drug-likeness (QED) is 0.307. The van der Waals surface area contributed by atoms with Gasteiger partial charge in [0.1, 0.15) is 0 Å². The predicted molar refractivity (Wildman–Crippen MR) is 153 cm³/mol. The monoisotopic (exact) mass is 464 g/mol. The van der Waals surface area contributed by atoms with Crippen LogP contribution in [0.3, 0.4) is 0 Å². The fourth-order valence-corrected chi connectivity index (χ4v) is 6.21. The molecule has 0 N–H and O–H groups in total. The zero-order valence-electron chi connectivity index (χ0n) is 21.6. The van der Waals surface area contributed by atoms with E-state index in [0.29, 0.717) is 0 Å². The predicted octanol–water partition coefficient (Wildman–Crippen LogP) is 5.85. The first-order valence-electron chi connectivity index (χ1n) is 12.6. The van der Waals surface area contributed by atoms with Gasteiger partial charge < -0.3 is 0 Å². The number of benzene rings is 3. The van der Waals surface area contributed by atoms with Crippen molar-refractivity contribution in [3.05, 3.63) is 113 Å². The van der Waals surface area contributed by atoms with Crippen LogP contribution in [0.4, 0.5) is 0 Å². The van der Waals surface area contributed by atoms with Crippen molar-refractivity contribution in [2.75, 3.05) is 0 Å². The number of hydrogen-bond acceptors (Lipinski definition) is 2. The van der Waals surface area contributed by atoms with Crippen LogP contribution in [0.15, 0.2) is 85.5 Å². The normalized spacial score (nSPS) is 12.0. The molecule has 0 unspecified atom stereocenters. The van der Waals surface area contributed by atoms with Crippen molar-refractivity contribution in [2.24, 2.45) is 0 Å². The first kappa shape index (κ1) is 22.5.